The minimum Gasteiger partial charge on any atom is -0.355 e. The van der Waals surface area contributed by atoms with Crippen LogP contribution in [0.4, 0.5) is 5.69 Å². The van der Waals surface area contributed by atoms with E-state index in [9.17, 15) is 18.0 Å². The summed E-state index contributed by atoms with van der Waals surface area (Å²) in [6.07, 6.45) is 1.49. The van der Waals surface area contributed by atoms with Crippen molar-refractivity contribution in [2.24, 2.45) is 0 Å². The standard InChI is InChI=1S/C27H39N3O4S/c1-8-24(26(32)28-9-2)29(18-21-13-11-10-12-20(21)3)25(31)19-30(35(7,33)34)23-16-14-22(15-17-23)27(4,5)6/h10-17,24H,8-9,18-19H2,1-7H3,(H,28,32)/t24-/m1/s1. The number of anilines is 1. The van der Waals surface area contributed by atoms with Crippen LogP contribution in [0.3, 0.4) is 0 Å². The molecular weight excluding hydrogens is 462 g/mol. The van der Waals surface area contributed by atoms with Gasteiger partial charge < -0.3 is 10.2 Å². The SMILES string of the molecule is CCNC(=O)[C@@H](CC)N(Cc1ccccc1C)C(=O)CN(c1ccc(C(C)(C)C)cc1)S(C)(=O)=O. The molecule has 0 fully saturated rings. The number of benzene rings is 2. The highest BCUT2D eigenvalue weighted by molar-refractivity contribution is 7.92. The number of sulfonamides is 1. The second kappa shape index (κ2) is 11.7. The third kappa shape index (κ3) is 7.56. The minimum atomic E-state index is -3.75. The van der Waals surface area contributed by atoms with Crippen LogP contribution in [0.2, 0.25) is 0 Å². The van der Waals surface area contributed by atoms with E-state index in [1.165, 1.54) is 4.90 Å². The Bertz CT molecular complexity index is 1120. The van der Waals surface area contributed by atoms with Crippen LogP contribution in [0.15, 0.2) is 48.5 Å². The molecule has 35 heavy (non-hydrogen) atoms. The number of likely N-dealkylation sites (N-methyl/N-ethyl adjacent to an activating group) is 1. The Labute approximate surface area is 210 Å². The molecule has 2 amide bonds. The Kier molecular flexibility index (Phi) is 9.49. The highest BCUT2D eigenvalue weighted by atomic mass is 32.2. The van der Waals surface area contributed by atoms with Crippen molar-refractivity contribution >= 4 is 27.5 Å². The van der Waals surface area contributed by atoms with Gasteiger partial charge >= 0.3 is 0 Å². The van der Waals surface area contributed by atoms with E-state index >= 15 is 0 Å². The first kappa shape index (κ1) is 28.4. The molecule has 0 aliphatic rings. The number of aryl methyl sites for hydroxylation is 1. The highest BCUT2D eigenvalue weighted by Crippen LogP contribution is 2.26. The molecule has 0 saturated heterocycles. The summed E-state index contributed by atoms with van der Waals surface area (Å²) in [5, 5.41) is 2.80. The van der Waals surface area contributed by atoms with Crippen LogP contribution < -0.4 is 9.62 Å². The molecule has 0 unspecified atom stereocenters. The first-order valence-corrected chi connectivity index (χ1v) is 13.8. The van der Waals surface area contributed by atoms with Gasteiger partial charge in [0.2, 0.25) is 21.8 Å². The predicted molar refractivity (Wildman–Crippen MR) is 142 cm³/mol. The number of carbonyl (C=O) groups excluding carboxylic acids is 2. The van der Waals surface area contributed by atoms with Gasteiger partial charge in [-0.2, -0.15) is 0 Å². The lowest BCUT2D eigenvalue weighted by molar-refractivity contribution is -0.140. The molecule has 2 aromatic rings. The van der Waals surface area contributed by atoms with E-state index in [2.05, 4.69) is 26.1 Å². The lowest BCUT2D eigenvalue weighted by Crippen LogP contribution is -2.52. The zero-order valence-electron chi connectivity index (χ0n) is 22.0. The van der Waals surface area contributed by atoms with Crippen molar-refractivity contribution in [2.45, 2.75) is 66.0 Å². The predicted octanol–water partition coefficient (Wildman–Crippen LogP) is 4.00. The van der Waals surface area contributed by atoms with Gasteiger partial charge in [-0.15, -0.1) is 0 Å². The quantitative estimate of drug-likeness (QED) is 0.533. The first-order valence-electron chi connectivity index (χ1n) is 12.0. The van der Waals surface area contributed by atoms with Crippen LogP contribution in [0.1, 0.15) is 57.7 Å². The van der Waals surface area contributed by atoms with Crippen molar-refractivity contribution < 1.29 is 18.0 Å². The molecule has 0 bridgehead atoms. The molecule has 192 valence electrons. The van der Waals surface area contributed by atoms with E-state index in [1.54, 1.807) is 12.1 Å². The van der Waals surface area contributed by atoms with E-state index in [-0.39, 0.29) is 17.9 Å². The molecule has 1 N–H and O–H groups in total. The second-order valence-corrected chi connectivity index (χ2v) is 11.7. The van der Waals surface area contributed by atoms with Crippen molar-refractivity contribution in [3.63, 3.8) is 0 Å². The fourth-order valence-electron chi connectivity index (χ4n) is 3.92. The summed E-state index contributed by atoms with van der Waals surface area (Å²) in [5.74, 6) is -0.686. The molecule has 0 radical (unpaired) electrons. The smallest absolute Gasteiger partial charge is 0.244 e. The molecular formula is C27H39N3O4S. The van der Waals surface area contributed by atoms with Crippen LogP contribution in [0.5, 0.6) is 0 Å². The lowest BCUT2D eigenvalue weighted by atomic mass is 9.87. The number of hydrogen-bond donors (Lipinski definition) is 1. The van der Waals surface area contributed by atoms with Crippen LogP contribution in [-0.2, 0) is 31.6 Å². The highest BCUT2D eigenvalue weighted by Gasteiger charge is 2.31. The van der Waals surface area contributed by atoms with E-state index in [0.29, 0.717) is 18.7 Å². The zero-order chi connectivity index (χ0) is 26.4. The molecule has 7 nitrogen and oxygen atoms in total. The van der Waals surface area contributed by atoms with Gasteiger partial charge in [-0.1, -0.05) is 64.1 Å². The number of rotatable bonds is 10. The molecule has 8 heteroatoms. The summed E-state index contributed by atoms with van der Waals surface area (Å²) in [7, 11) is -3.75. The van der Waals surface area contributed by atoms with Gasteiger partial charge in [0.05, 0.1) is 11.9 Å². The molecule has 0 spiro atoms. The minimum absolute atomic E-state index is 0.0877. The van der Waals surface area contributed by atoms with Crippen LogP contribution in [-0.4, -0.2) is 50.5 Å². The van der Waals surface area contributed by atoms with Gasteiger partial charge in [0.1, 0.15) is 12.6 Å². The van der Waals surface area contributed by atoms with Gasteiger partial charge in [-0.3, -0.25) is 13.9 Å². The number of nitrogens with zero attached hydrogens (tertiary/aromatic N) is 2. The summed E-state index contributed by atoms with van der Waals surface area (Å²) in [5.41, 5.74) is 3.29. The Morgan fingerprint density at radius 3 is 2.09 bits per heavy atom. The van der Waals surface area contributed by atoms with Gasteiger partial charge in [0.15, 0.2) is 0 Å². The van der Waals surface area contributed by atoms with Crippen LogP contribution in [0.25, 0.3) is 0 Å². The topological polar surface area (TPSA) is 86.8 Å². The zero-order valence-corrected chi connectivity index (χ0v) is 22.8. The average Bonchev–Trinajstić information content (AvgIpc) is 2.77. The van der Waals surface area contributed by atoms with Crippen LogP contribution >= 0.6 is 0 Å². The summed E-state index contributed by atoms with van der Waals surface area (Å²) in [6, 6.07) is 14.2. The Morgan fingerprint density at radius 2 is 1.60 bits per heavy atom. The Morgan fingerprint density at radius 1 is 1.00 bits per heavy atom. The maximum absolute atomic E-state index is 13.7. The number of amides is 2. The number of nitrogens with one attached hydrogen (secondary N) is 1. The molecule has 1 atom stereocenters. The third-order valence-electron chi connectivity index (χ3n) is 6.04. The van der Waals surface area contributed by atoms with E-state index in [4.69, 9.17) is 0 Å². The van der Waals surface area contributed by atoms with E-state index in [1.807, 2.05) is 57.2 Å². The molecule has 0 saturated carbocycles. The summed E-state index contributed by atoms with van der Waals surface area (Å²) in [6.45, 7) is 12.1. The van der Waals surface area contributed by atoms with Crippen molar-refractivity contribution in [1.82, 2.24) is 10.2 Å². The molecule has 0 heterocycles. The Hall–Kier alpha value is -2.87. The summed E-state index contributed by atoms with van der Waals surface area (Å²) >= 11 is 0. The largest absolute Gasteiger partial charge is 0.355 e. The monoisotopic (exact) mass is 501 g/mol. The normalized spacial score (nSPS) is 12.7. The molecule has 2 rings (SSSR count). The van der Waals surface area contributed by atoms with Gasteiger partial charge in [-0.25, -0.2) is 8.42 Å². The fourth-order valence-corrected chi connectivity index (χ4v) is 4.77. The molecule has 0 aromatic heterocycles. The maximum atomic E-state index is 13.7. The third-order valence-corrected chi connectivity index (χ3v) is 7.18. The summed E-state index contributed by atoms with van der Waals surface area (Å²) < 4.78 is 26.6. The van der Waals surface area contributed by atoms with Crippen molar-refractivity contribution in [2.75, 3.05) is 23.7 Å². The second-order valence-electron chi connectivity index (χ2n) is 9.83. The summed E-state index contributed by atoms with van der Waals surface area (Å²) in [4.78, 5) is 28.0. The fraction of sp³-hybridized carbons (Fsp3) is 0.481. The van der Waals surface area contributed by atoms with Gasteiger partial charge in [0.25, 0.3) is 0 Å². The first-order chi connectivity index (χ1) is 16.3. The lowest BCUT2D eigenvalue weighted by Gasteiger charge is -2.33. The maximum Gasteiger partial charge on any atom is 0.244 e. The van der Waals surface area contributed by atoms with Crippen molar-refractivity contribution in [3.05, 3.63) is 65.2 Å². The van der Waals surface area contributed by atoms with Crippen molar-refractivity contribution in [1.29, 1.82) is 0 Å². The average molecular weight is 502 g/mol. The Balaban J connectivity index is 2.45. The van der Waals surface area contributed by atoms with Crippen molar-refractivity contribution in [3.8, 4) is 0 Å². The van der Waals surface area contributed by atoms with E-state index in [0.717, 1.165) is 27.3 Å². The van der Waals surface area contributed by atoms with E-state index < -0.39 is 28.5 Å². The molecule has 0 aliphatic heterocycles. The molecule has 2 aromatic carbocycles. The number of carbonyl (C=O) groups is 2. The van der Waals surface area contributed by atoms with Gasteiger partial charge in [0, 0.05) is 13.1 Å². The van der Waals surface area contributed by atoms with Gasteiger partial charge in [-0.05, 0) is 54.5 Å². The van der Waals surface area contributed by atoms with Crippen LogP contribution in [0, 0.1) is 6.92 Å². The number of hydrogen-bond acceptors (Lipinski definition) is 4. The molecule has 0 aliphatic carbocycles.